The number of aryl methyl sites for hydroxylation is 2. The predicted octanol–water partition coefficient (Wildman–Crippen LogP) is 6.33. The van der Waals surface area contributed by atoms with Gasteiger partial charge in [-0.25, -0.2) is 4.98 Å². The fraction of sp³-hybridized carbons (Fsp3) is 0.143. The highest BCUT2D eigenvalue weighted by Crippen LogP contribution is 2.27. The van der Waals surface area contributed by atoms with Gasteiger partial charge in [0.15, 0.2) is 0 Å². The Balaban J connectivity index is 0.000000258. The molecule has 4 heteroatoms. The number of hydrogen-bond acceptors (Lipinski definition) is 4. The molecule has 4 rings (SSSR count). The number of thiazole rings is 2. The van der Waals surface area contributed by atoms with Crippen LogP contribution in [0.25, 0.3) is 11.1 Å². The van der Waals surface area contributed by atoms with Crippen LogP contribution in [0.2, 0.25) is 0 Å². The van der Waals surface area contributed by atoms with Gasteiger partial charge in [-0.1, -0.05) is 54.6 Å². The summed E-state index contributed by atoms with van der Waals surface area (Å²) in [5.74, 6) is 0. The lowest BCUT2D eigenvalue weighted by atomic mass is 10.1. The van der Waals surface area contributed by atoms with Crippen molar-refractivity contribution in [2.45, 2.75) is 20.3 Å². The van der Waals surface area contributed by atoms with Gasteiger partial charge >= 0.3 is 0 Å². The second kappa shape index (κ2) is 8.70. The van der Waals surface area contributed by atoms with Crippen LogP contribution in [0, 0.1) is 13.8 Å². The fourth-order valence-corrected chi connectivity index (χ4v) is 3.68. The molecule has 0 N–H and O–H groups in total. The normalized spacial score (nSPS) is 13.4. The average molecular weight is 365 g/mol. The van der Waals surface area contributed by atoms with Crippen LogP contribution >= 0.6 is 22.7 Å². The zero-order valence-corrected chi connectivity index (χ0v) is 16.0. The standard InChI is InChI=1S/C17H15NS.C4H5NS/c1-13-12-19-17(18-13)16-9-5-8-15(10-11-16)14-6-3-2-4-7-14;1-4-5-2-3-6-4/h2-8,10-12H,9H2,1H3;2-3H,1H3. The molecule has 2 aromatic heterocycles. The van der Waals surface area contributed by atoms with Crippen LogP contribution in [0.5, 0.6) is 0 Å². The lowest BCUT2D eigenvalue weighted by Crippen LogP contribution is -1.81. The van der Waals surface area contributed by atoms with Crippen molar-refractivity contribution >= 4 is 33.8 Å². The summed E-state index contributed by atoms with van der Waals surface area (Å²) < 4.78 is 0. The quantitative estimate of drug-likeness (QED) is 0.531. The number of rotatable bonds is 2. The van der Waals surface area contributed by atoms with E-state index in [0.717, 1.165) is 22.1 Å². The van der Waals surface area contributed by atoms with Crippen LogP contribution < -0.4 is 0 Å². The van der Waals surface area contributed by atoms with Crippen molar-refractivity contribution in [3.05, 3.63) is 92.9 Å². The third-order valence-electron chi connectivity index (χ3n) is 3.66. The molecule has 0 unspecified atom stereocenters. The van der Waals surface area contributed by atoms with Gasteiger partial charge in [-0.2, -0.15) is 0 Å². The smallest absolute Gasteiger partial charge is 0.119 e. The molecule has 0 amide bonds. The lowest BCUT2D eigenvalue weighted by Gasteiger charge is -1.99. The Hall–Kier alpha value is -2.30. The maximum atomic E-state index is 4.56. The highest BCUT2D eigenvalue weighted by Gasteiger charge is 2.07. The second-order valence-electron chi connectivity index (χ2n) is 5.63. The molecule has 0 aliphatic heterocycles. The van der Waals surface area contributed by atoms with Gasteiger partial charge in [-0.3, -0.25) is 4.98 Å². The molecule has 25 heavy (non-hydrogen) atoms. The Morgan fingerprint density at radius 2 is 1.84 bits per heavy atom. The molecule has 0 saturated carbocycles. The van der Waals surface area contributed by atoms with E-state index in [9.17, 15) is 0 Å². The van der Waals surface area contributed by atoms with Gasteiger partial charge in [0, 0.05) is 22.7 Å². The minimum absolute atomic E-state index is 0.944. The van der Waals surface area contributed by atoms with Crippen molar-refractivity contribution in [1.29, 1.82) is 0 Å². The highest BCUT2D eigenvalue weighted by molar-refractivity contribution is 7.10. The summed E-state index contributed by atoms with van der Waals surface area (Å²) in [6.07, 6.45) is 11.5. The first kappa shape index (κ1) is 17.5. The van der Waals surface area contributed by atoms with E-state index < -0.39 is 0 Å². The largest absolute Gasteiger partial charge is 0.250 e. The molecule has 1 aliphatic rings. The summed E-state index contributed by atoms with van der Waals surface area (Å²) in [4.78, 5) is 8.50. The second-order valence-corrected chi connectivity index (χ2v) is 7.59. The van der Waals surface area contributed by atoms with Gasteiger partial charge < -0.3 is 0 Å². The summed E-state index contributed by atoms with van der Waals surface area (Å²) >= 11 is 3.39. The molecule has 0 bridgehead atoms. The van der Waals surface area contributed by atoms with Gasteiger partial charge in [0.2, 0.25) is 0 Å². The van der Waals surface area contributed by atoms with Gasteiger partial charge in [-0.05, 0) is 37.0 Å². The Morgan fingerprint density at radius 1 is 1.00 bits per heavy atom. The van der Waals surface area contributed by atoms with Crippen LogP contribution in [0.15, 0.2) is 71.6 Å². The van der Waals surface area contributed by atoms with Crippen LogP contribution in [-0.2, 0) is 0 Å². The molecule has 0 radical (unpaired) electrons. The molecular formula is C21H20N2S2. The van der Waals surface area contributed by atoms with Gasteiger partial charge in [-0.15, -0.1) is 22.7 Å². The number of allylic oxidation sites excluding steroid dienone is 6. The van der Waals surface area contributed by atoms with E-state index in [-0.39, 0.29) is 0 Å². The van der Waals surface area contributed by atoms with Gasteiger partial charge in [0.1, 0.15) is 5.01 Å². The molecule has 0 fully saturated rings. The zero-order valence-electron chi connectivity index (χ0n) is 14.3. The monoisotopic (exact) mass is 364 g/mol. The SMILES string of the molecule is Cc1csc(C2=CC=C(c3ccccc3)C=CC2)n1.Cc1nccs1. The van der Waals surface area contributed by atoms with Crippen molar-refractivity contribution in [2.75, 3.05) is 0 Å². The molecule has 2 nitrogen and oxygen atoms in total. The molecule has 0 saturated heterocycles. The van der Waals surface area contributed by atoms with Crippen LogP contribution in [-0.4, -0.2) is 9.97 Å². The van der Waals surface area contributed by atoms with E-state index in [1.807, 2.05) is 25.3 Å². The lowest BCUT2D eigenvalue weighted by molar-refractivity contribution is 1.22. The molecule has 0 atom stereocenters. The molecule has 3 aromatic rings. The first-order valence-corrected chi connectivity index (χ1v) is 9.90. The average Bonchev–Trinajstić information content (AvgIpc) is 3.21. The maximum absolute atomic E-state index is 4.56. The van der Waals surface area contributed by atoms with E-state index in [4.69, 9.17) is 0 Å². The molecule has 1 aliphatic carbocycles. The maximum Gasteiger partial charge on any atom is 0.119 e. The Labute approximate surface area is 156 Å². The van der Waals surface area contributed by atoms with E-state index in [0.29, 0.717) is 0 Å². The number of hydrogen-bond donors (Lipinski definition) is 0. The summed E-state index contributed by atoms with van der Waals surface area (Å²) in [7, 11) is 0. The molecular weight excluding hydrogens is 344 g/mol. The van der Waals surface area contributed by atoms with E-state index >= 15 is 0 Å². The van der Waals surface area contributed by atoms with E-state index in [1.54, 1.807) is 28.9 Å². The van der Waals surface area contributed by atoms with Crippen molar-refractivity contribution in [3.63, 3.8) is 0 Å². The van der Waals surface area contributed by atoms with Crippen LogP contribution in [0.3, 0.4) is 0 Å². The van der Waals surface area contributed by atoms with Crippen molar-refractivity contribution in [3.8, 4) is 0 Å². The molecule has 126 valence electrons. The van der Waals surface area contributed by atoms with Gasteiger partial charge in [0.25, 0.3) is 0 Å². The third-order valence-corrected chi connectivity index (χ3v) is 5.40. The third kappa shape index (κ3) is 5.08. The van der Waals surface area contributed by atoms with Crippen LogP contribution in [0.1, 0.15) is 27.7 Å². The minimum Gasteiger partial charge on any atom is -0.250 e. The zero-order chi connectivity index (χ0) is 17.5. The fourth-order valence-electron chi connectivity index (χ4n) is 2.40. The number of aromatic nitrogens is 2. The Morgan fingerprint density at radius 3 is 2.44 bits per heavy atom. The van der Waals surface area contributed by atoms with Crippen LogP contribution in [0.4, 0.5) is 0 Å². The molecule has 0 spiro atoms. The summed E-state index contributed by atoms with van der Waals surface area (Å²) in [6, 6.07) is 10.5. The van der Waals surface area contributed by atoms with Crippen molar-refractivity contribution in [1.82, 2.24) is 9.97 Å². The first-order chi connectivity index (χ1) is 12.2. The number of benzene rings is 1. The first-order valence-electron chi connectivity index (χ1n) is 8.14. The Bertz CT molecular complexity index is 885. The van der Waals surface area contributed by atoms with E-state index in [1.165, 1.54) is 16.7 Å². The summed E-state index contributed by atoms with van der Waals surface area (Å²) in [5.41, 5.74) is 4.90. The summed E-state index contributed by atoms with van der Waals surface area (Å²) in [6.45, 7) is 4.03. The van der Waals surface area contributed by atoms with Gasteiger partial charge in [0.05, 0.1) is 5.01 Å². The Kier molecular flexibility index (Phi) is 6.09. The topological polar surface area (TPSA) is 25.8 Å². The van der Waals surface area contributed by atoms with E-state index in [2.05, 4.69) is 63.9 Å². The molecule has 1 aromatic carbocycles. The predicted molar refractivity (Wildman–Crippen MR) is 110 cm³/mol. The summed E-state index contributed by atoms with van der Waals surface area (Å²) in [5, 5.41) is 6.34. The molecule has 2 heterocycles. The van der Waals surface area contributed by atoms with Crippen molar-refractivity contribution in [2.24, 2.45) is 0 Å². The van der Waals surface area contributed by atoms with Crippen molar-refractivity contribution < 1.29 is 0 Å². The number of nitrogens with zero attached hydrogens (tertiary/aromatic N) is 2. The minimum atomic E-state index is 0.944. The highest BCUT2D eigenvalue weighted by atomic mass is 32.1.